The second-order valence-electron chi connectivity index (χ2n) is 6.22. The van der Waals surface area contributed by atoms with Crippen molar-refractivity contribution in [3.63, 3.8) is 0 Å². The van der Waals surface area contributed by atoms with Crippen LogP contribution in [0.2, 0.25) is 0 Å². The molecule has 7 nitrogen and oxygen atoms in total. The van der Waals surface area contributed by atoms with Crippen molar-refractivity contribution in [2.24, 2.45) is 11.7 Å². The highest BCUT2D eigenvalue weighted by molar-refractivity contribution is 7.79. The van der Waals surface area contributed by atoms with Gasteiger partial charge in [0.1, 0.15) is 0 Å². The lowest BCUT2D eigenvalue weighted by Gasteiger charge is -2.06. The summed E-state index contributed by atoms with van der Waals surface area (Å²) in [5.41, 5.74) is 5.39. The summed E-state index contributed by atoms with van der Waals surface area (Å²) < 4.78 is 36.8. The molecule has 0 aromatic carbocycles. The molecule has 0 aromatic rings. The Balaban J connectivity index is 0. The predicted octanol–water partition coefficient (Wildman–Crippen LogP) is 3.39. The minimum atomic E-state index is -4.67. The van der Waals surface area contributed by atoms with Gasteiger partial charge in [-0.25, -0.2) is 0 Å². The third-order valence-corrected chi connectivity index (χ3v) is 3.27. The average Bonchev–Trinajstić information content (AvgIpc) is 2.44. The molecule has 0 spiro atoms. The van der Waals surface area contributed by atoms with E-state index in [0.717, 1.165) is 31.6 Å². The zero-order valence-electron chi connectivity index (χ0n) is 15.1. The van der Waals surface area contributed by atoms with Crippen molar-refractivity contribution >= 4 is 16.4 Å². The minimum Gasteiger partial charge on any atom is -0.466 e. The molecule has 0 saturated carbocycles. The Bertz CT molecular complexity index is 376. The Hall–Kier alpha value is -0.700. The van der Waals surface area contributed by atoms with Crippen molar-refractivity contribution in [3.05, 3.63) is 0 Å². The number of carbonyl (C=O) groups excluding carboxylic acids is 1. The van der Waals surface area contributed by atoms with Gasteiger partial charge in [0.15, 0.2) is 0 Å². The van der Waals surface area contributed by atoms with Crippen LogP contribution in [0.3, 0.4) is 0 Å². The standard InChI is InChI=1S/C16H33NO2.H2O4S/c1-15(2)11-7-4-3-5-10-14-19-16(18)12-8-6-9-13-17;1-5(2,3)4/h15H,3-14,17H2,1-2H3;(H2,1,2,3,4). The molecule has 0 aliphatic carbocycles. The van der Waals surface area contributed by atoms with Crippen LogP contribution in [-0.2, 0) is 19.9 Å². The lowest BCUT2D eigenvalue weighted by Crippen LogP contribution is -2.06. The first-order valence-electron chi connectivity index (χ1n) is 8.72. The Morgan fingerprint density at radius 1 is 0.958 bits per heavy atom. The molecule has 0 atom stereocenters. The van der Waals surface area contributed by atoms with Gasteiger partial charge in [0.25, 0.3) is 0 Å². The quantitative estimate of drug-likeness (QED) is 0.258. The van der Waals surface area contributed by atoms with Crippen LogP contribution in [0, 0.1) is 5.92 Å². The molecule has 0 aliphatic rings. The normalized spacial score (nSPS) is 11.1. The molecular weight excluding hydrogens is 334 g/mol. The van der Waals surface area contributed by atoms with Crippen LogP contribution in [0.4, 0.5) is 0 Å². The average molecular weight is 370 g/mol. The van der Waals surface area contributed by atoms with Gasteiger partial charge in [-0.05, 0) is 31.7 Å². The maximum atomic E-state index is 11.4. The Morgan fingerprint density at radius 3 is 2.00 bits per heavy atom. The molecule has 0 bridgehead atoms. The van der Waals surface area contributed by atoms with Gasteiger partial charge in [0.2, 0.25) is 0 Å². The van der Waals surface area contributed by atoms with Crippen molar-refractivity contribution < 1.29 is 27.1 Å². The first-order valence-corrected chi connectivity index (χ1v) is 10.1. The van der Waals surface area contributed by atoms with E-state index in [0.29, 0.717) is 19.6 Å². The lowest BCUT2D eigenvalue weighted by atomic mass is 10.0. The first kappa shape index (κ1) is 25.5. The van der Waals surface area contributed by atoms with Gasteiger partial charge in [0.05, 0.1) is 6.61 Å². The second-order valence-corrected chi connectivity index (χ2v) is 7.11. The third-order valence-electron chi connectivity index (χ3n) is 3.27. The molecule has 146 valence electrons. The maximum absolute atomic E-state index is 11.4. The number of ether oxygens (including phenoxy) is 1. The van der Waals surface area contributed by atoms with E-state index in [2.05, 4.69) is 13.8 Å². The van der Waals surface area contributed by atoms with E-state index in [4.69, 9.17) is 28.0 Å². The van der Waals surface area contributed by atoms with Gasteiger partial charge in [0, 0.05) is 6.42 Å². The number of hydrogen-bond donors (Lipinski definition) is 3. The predicted molar refractivity (Wildman–Crippen MR) is 95.2 cm³/mol. The molecule has 8 heteroatoms. The van der Waals surface area contributed by atoms with Crippen LogP contribution < -0.4 is 5.73 Å². The van der Waals surface area contributed by atoms with E-state index in [-0.39, 0.29) is 5.97 Å². The van der Waals surface area contributed by atoms with Gasteiger partial charge in [-0.3, -0.25) is 13.9 Å². The molecule has 0 fully saturated rings. The van der Waals surface area contributed by atoms with E-state index < -0.39 is 10.4 Å². The Labute approximate surface area is 146 Å². The van der Waals surface area contributed by atoms with Gasteiger partial charge >= 0.3 is 16.4 Å². The van der Waals surface area contributed by atoms with Gasteiger partial charge in [-0.2, -0.15) is 8.42 Å². The molecule has 24 heavy (non-hydrogen) atoms. The number of esters is 1. The number of carbonyl (C=O) groups is 1. The van der Waals surface area contributed by atoms with Crippen molar-refractivity contribution in [2.45, 2.75) is 78.1 Å². The maximum Gasteiger partial charge on any atom is 0.394 e. The fourth-order valence-electron chi connectivity index (χ4n) is 2.03. The second kappa shape index (κ2) is 17.1. The molecule has 0 amide bonds. The third kappa shape index (κ3) is 33.0. The molecule has 0 rings (SSSR count). The number of unbranched alkanes of at least 4 members (excludes halogenated alkanes) is 6. The number of rotatable bonds is 13. The molecular formula is C16H35NO6S. The zero-order valence-corrected chi connectivity index (χ0v) is 15.9. The molecule has 0 radical (unpaired) electrons. The zero-order chi connectivity index (χ0) is 18.8. The van der Waals surface area contributed by atoms with E-state index in [9.17, 15) is 4.79 Å². The summed E-state index contributed by atoms with van der Waals surface area (Å²) in [6.45, 7) is 5.85. The molecule has 0 aromatic heterocycles. The van der Waals surface area contributed by atoms with E-state index in [1.165, 1.54) is 32.1 Å². The number of nitrogens with two attached hydrogens (primary N) is 1. The number of hydrogen-bond acceptors (Lipinski definition) is 5. The summed E-state index contributed by atoms with van der Waals surface area (Å²) in [6.07, 6.45) is 10.9. The Kier molecular flexibility index (Phi) is 18.2. The summed E-state index contributed by atoms with van der Waals surface area (Å²) >= 11 is 0. The fraction of sp³-hybridized carbons (Fsp3) is 0.938. The highest BCUT2D eigenvalue weighted by atomic mass is 32.3. The van der Waals surface area contributed by atoms with Crippen molar-refractivity contribution in [1.29, 1.82) is 0 Å². The molecule has 0 unspecified atom stereocenters. The topological polar surface area (TPSA) is 127 Å². The highest BCUT2D eigenvalue weighted by Gasteiger charge is 2.02. The van der Waals surface area contributed by atoms with Crippen LogP contribution in [-0.4, -0.2) is 36.6 Å². The van der Waals surface area contributed by atoms with E-state index in [1.54, 1.807) is 0 Å². The summed E-state index contributed by atoms with van der Waals surface area (Å²) in [6, 6.07) is 0. The largest absolute Gasteiger partial charge is 0.466 e. The van der Waals surface area contributed by atoms with Crippen LogP contribution in [0.25, 0.3) is 0 Å². The smallest absolute Gasteiger partial charge is 0.394 e. The van der Waals surface area contributed by atoms with Crippen LogP contribution >= 0.6 is 0 Å². The molecule has 0 heterocycles. The molecule has 0 aliphatic heterocycles. The van der Waals surface area contributed by atoms with Crippen molar-refractivity contribution in [3.8, 4) is 0 Å². The Morgan fingerprint density at radius 2 is 1.46 bits per heavy atom. The molecule has 0 saturated heterocycles. The van der Waals surface area contributed by atoms with E-state index >= 15 is 0 Å². The van der Waals surface area contributed by atoms with Gasteiger partial charge in [-0.15, -0.1) is 0 Å². The SMILES string of the molecule is CC(C)CCCCCCCOC(=O)CCCCCN.O=S(=O)(O)O. The van der Waals surface area contributed by atoms with E-state index in [1.807, 2.05) is 0 Å². The lowest BCUT2D eigenvalue weighted by molar-refractivity contribution is -0.143. The van der Waals surface area contributed by atoms with Gasteiger partial charge < -0.3 is 10.5 Å². The summed E-state index contributed by atoms with van der Waals surface area (Å²) in [5.74, 6) is 0.775. The first-order chi connectivity index (χ1) is 11.2. The summed E-state index contributed by atoms with van der Waals surface area (Å²) in [7, 11) is -4.67. The van der Waals surface area contributed by atoms with Crippen LogP contribution in [0.1, 0.15) is 78.1 Å². The van der Waals surface area contributed by atoms with Crippen molar-refractivity contribution in [1.82, 2.24) is 0 Å². The fourth-order valence-corrected chi connectivity index (χ4v) is 2.03. The summed E-state index contributed by atoms with van der Waals surface area (Å²) in [5, 5.41) is 0. The highest BCUT2D eigenvalue weighted by Crippen LogP contribution is 2.10. The monoisotopic (exact) mass is 369 g/mol. The van der Waals surface area contributed by atoms with Crippen LogP contribution in [0.15, 0.2) is 0 Å². The van der Waals surface area contributed by atoms with Crippen molar-refractivity contribution in [2.75, 3.05) is 13.2 Å². The minimum absolute atomic E-state index is 0.0446. The van der Waals surface area contributed by atoms with Crippen LogP contribution in [0.5, 0.6) is 0 Å². The molecule has 4 N–H and O–H groups in total. The summed E-state index contributed by atoms with van der Waals surface area (Å²) in [4.78, 5) is 11.4. The van der Waals surface area contributed by atoms with Gasteiger partial charge in [-0.1, -0.05) is 52.4 Å².